The van der Waals surface area contributed by atoms with Gasteiger partial charge in [0, 0.05) is 31.3 Å². The topological polar surface area (TPSA) is 111 Å². The van der Waals surface area contributed by atoms with Crippen molar-refractivity contribution < 1.29 is 19.3 Å². The molecule has 6 N–H and O–H groups in total. The molecule has 27 heavy (non-hydrogen) atoms. The molecule has 0 spiro atoms. The minimum atomic E-state index is -3.72. The maximum absolute atomic E-state index is 13.0. The molecule has 0 aliphatic carbocycles. The summed E-state index contributed by atoms with van der Waals surface area (Å²) in [7, 11) is -3.72. The highest BCUT2D eigenvalue weighted by Gasteiger charge is 2.29. The van der Waals surface area contributed by atoms with Crippen LogP contribution in [0.5, 0.6) is 0 Å². The van der Waals surface area contributed by atoms with Crippen molar-refractivity contribution in [2.45, 2.75) is 37.3 Å². The van der Waals surface area contributed by atoms with Crippen LogP contribution in [-0.4, -0.2) is 43.1 Å². The average Bonchev–Trinajstić information content (AvgIpc) is 2.62. The number of quaternary nitrogens is 1. The highest BCUT2D eigenvalue weighted by atomic mass is 32.2. The molecule has 0 amide bonds. The molecule has 2 aromatic carbocycles. The fourth-order valence-electron chi connectivity index (χ4n) is 2.85. The van der Waals surface area contributed by atoms with E-state index in [4.69, 9.17) is 5.73 Å². The summed E-state index contributed by atoms with van der Waals surface area (Å²) >= 11 is 0. The molecule has 0 saturated carbocycles. The van der Waals surface area contributed by atoms with Gasteiger partial charge in [0.2, 0.25) is 10.0 Å². The molecule has 0 aromatic heterocycles. The second-order valence-electron chi connectivity index (χ2n) is 7.28. The summed E-state index contributed by atoms with van der Waals surface area (Å²) in [6.45, 7) is 4.15. The molecule has 6 nitrogen and oxygen atoms in total. The molecule has 7 heteroatoms. The van der Waals surface area contributed by atoms with Crippen LogP contribution in [0, 0.1) is 5.92 Å². The zero-order valence-electron chi connectivity index (χ0n) is 16.0. The number of nitrogens with two attached hydrogens (primary N) is 1. The van der Waals surface area contributed by atoms with Crippen molar-refractivity contribution >= 4 is 15.7 Å². The molecule has 0 heterocycles. The van der Waals surface area contributed by atoms with Gasteiger partial charge >= 0.3 is 0 Å². The van der Waals surface area contributed by atoms with Crippen LogP contribution >= 0.6 is 0 Å². The maximum Gasteiger partial charge on any atom is 0.243 e. The van der Waals surface area contributed by atoms with E-state index >= 15 is 0 Å². The van der Waals surface area contributed by atoms with Gasteiger partial charge in [0.1, 0.15) is 5.69 Å². The molecule has 0 radical (unpaired) electrons. The Kier molecular flexibility index (Phi) is 7.52. The van der Waals surface area contributed by atoms with Crippen molar-refractivity contribution in [1.82, 2.24) is 4.31 Å². The molecule has 148 valence electrons. The van der Waals surface area contributed by atoms with E-state index in [-0.39, 0.29) is 17.4 Å². The van der Waals surface area contributed by atoms with Crippen molar-refractivity contribution in [2.75, 3.05) is 13.1 Å². The molecular formula is C20H30N3O3S+. The van der Waals surface area contributed by atoms with E-state index in [1.165, 1.54) is 4.31 Å². The van der Waals surface area contributed by atoms with Gasteiger partial charge in [-0.15, -0.1) is 0 Å². The van der Waals surface area contributed by atoms with Crippen molar-refractivity contribution in [2.24, 2.45) is 11.7 Å². The third-order valence-corrected chi connectivity index (χ3v) is 6.17. The summed E-state index contributed by atoms with van der Waals surface area (Å²) in [6, 6.07) is 15.5. The number of benzene rings is 2. The number of hydrogen-bond acceptors (Lipinski definition) is 4. The van der Waals surface area contributed by atoms with Crippen LogP contribution in [0.15, 0.2) is 59.5 Å². The molecule has 0 aliphatic rings. The molecule has 0 aliphatic heterocycles. The summed E-state index contributed by atoms with van der Waals surface area (Å²) in [6.07, 6.45) is -0.487. The van der Waals surface area contributed by atoms with Gasteiger partial charge in [-0.05, 0) is 30.0 Å². The summed E-state index contributed by atoms with van der Waals surface area (Å²) in [4.78, 5) is 0.194. The van der Waals surface area contributed by atoms with Gasteiger partial charge in [0.05, 0.1) is 11.0 Å². The Hall–Kier alpha value is -1.77. The Bertz CT molecular complexity index is 808. The molecule has 0 saturated heterocycles. The fourth-order valence-corrected chi connectivity index (χ4v) is 4.48. The molecular weight excluding hydrogens is 362 g/mol. The molecule has 0 fully saturated rings. The number of nitrogens with zero attached hydrogens (tertiary/aromatic N) is 1. The third kappa shape index (κ3) is 6.12. The maximum atomic E-state index is 13.0. The number of aliphatic hydroxyl groups excluding tert-OH is 1. The van der Waals surface area contributed by atoms with Crippen LogP contribution in [0.1, 0.15) is 19.4 Å². The standard InChI is InChI=1S/C20H29N3O3S/c1-15(2)13-23(27(25,26)18-10-8-17(21)9-11-18)14-20(24)19(22)12-16-6-4-3-5-7-16/h3-11,15,19-20,24H,12-14,21-22H2,1-2H3/p+1. The Labute approximate surface area is 161 Å². The predicted molar refractivity (Wildman–Crippen MR) is 107 cm³/mol. The minimum Gasteiger partial charge on any atom is -0.390 e. The van der Waals surface area contributed by atoms with Crippen molar-refractivity contribution in [3.8, 4) is 0 Å². The number of sulfonamides is 1. The first kappa shape index (κ1) is 21.5. The van der Waals surface area contributed by atoms with Crippen LogP contribution in [-0.2, 0) is 16.4 Å². The quantitative estimate of drug-likeness (QED) is 0.594. The number of hydrogen-bond donors (Lipinski definition) is 3. The molecule has 0 bridgehead atoms. The Morgan fingerprint density at radius 2 is 1.63 bits per heavy atom. The van der Waals surface area contributed by atoms with E-state index in [1.807, 2.05) is 44.2 Å². The van der Waals surface area contributed by atoms with Gasteiger partial charge in [-0.25, -0.2) is 8.42 Å². The lowest BCUT2D eigenvalue weighted by atomic mass is 10.0. The fraction of sp³-hybridized carbons (Fsp3) is 0.400. The largest absolute Gasteiger partial charge is 0.390 e. The van der Waals surface area contributed by atoms with Crippen LogP contribution in [0.25, 0.3) is 0 Å². The first-order valence-corrected chi connectivity index (χ1v) is 10.5. The van der Waals surface area contributed by atoms with Crippen molar-refractivity contribution in [3.05, 3.63) is 60.2 Å². The highest BCUT2D eigenvalue weighted by Crippen LogP contribution is 2.19. The third-order valence-electron chi connectivity index (χ3n) is 4.33. The van der Waals surface area contributed by atoms with Gasteiger partial charge in [-0.1, -0.05) is 44.2 Å². The zero-order valence-corrected chi connectivity index (χ0v) is 16.8. The molecule has 2 atom stereocenters. The Morgan fingerprint density at radius 3 is 2.19 bits per heavy atom. The van der Waals surface area contributed by atoms with Crippen LogP contribution in [0.2, 0.25) is 0 Å². The predicted octanol–water partition coefficient (Wildman–Crippen LogP) is 1.14. The van der Waals surface area contributed by atoms with Gasteiger partial charge in [-0.2, -0.15) is 4.31 Å². The summed E-state index contributed by atoms with van der Waals surface area (Å²) < 4.78 is 27.4. The van der Waals surface area contributed by atoms with Crippen molar-refractivity contribution in [1.29, 1.82) is 0 Å². The smallest absolute Gasteiger partial charge is 0.243 e. The number of aliphatic hydroxyl groups is 1. The minimum absolute atomic E-state index is 0.0410. The van der Waals surface area contributed by atoms with Crippen LogP contribution in [0.3, 0.4) is 0 Å². The highest BCUT2D eigenvalue weighted by molar-refractivity contribution is 7.89. The molecule has 2 rings (SSSR count). The molecule has 2 unspecified atom stereocenters. The van der Waals surface area contributed by atoms with E-state index < -0.39 is 22.2 Å². The van der Waals surface area contributed by atoms with Crippen LogP contribution < -0.4 is 11.5 Å². The van der Waals surface area contributed by atoms with E-state index in [0.29, 0.717) is 13.0 Å². The second kappa shape index (κ2) is 9.43. The monoisotopic (exact) mass is 392 g/mol. The first-order valence-electron chi connectivity index (χ1n) is 9.10. The van der Waals surface area contributed by atoms with Crippen LogP contribution in [0.4, 0.5) is 5.69 Å². The van der Waals surface area contributed by atoms with E-state index in [0.717, 1.165) is 11.3 Å². The summed E-state index contributed by atoms with van der Waals surface area (Å²) in [5.74, 6) is 0.115. The lowest BCUT2D eigenvalue weighted by Crippen LogP contribution is -2.47. The van der Waals surface area contributed by atoms with E-state index in [9.17, 15) is 13.5 Å². The van der Waals surface area contributed by atoms with Gasteiger partial charge in [-0.3, -0.25) is 0 Å². The normalized spacial score (nSPS) is 14.5. The lowest BCUT2D eigenvalue weighted by Gasteiger charge is -2.28. The number of rotatable bonds is 9. The Balaban J connectivity index is 2.16. The van der Waals surface area contributed by atoms with Gasteiger partial charge in [0.25, 0.3) is 0 Å². The zero-order chi connectivity index (χ0) is 20.0. The van der Waals surface area contributed by atoms with Gasteiger partial charge in [0.15, 0.2) is 0 Å². The average molecular weight is 393 g/mol. The van der Waals surface area contributed by atoms with E-state index in [2.05, 4.69) is 5.73 Å². The SMILES string of the molecule is CC(C)CN(CC(O)C(N)Cc1ccccc1)S(=O)(=O)c1ccc([NH3+])cc1. The first-order chi connectivity index (χ1) is 12.7. The van der Waals surface area contributed by atoms with Gasteiger partial charge < -0.3 is 16.6 Å². The second-order valence-corrected chi connectivity index (χ2v) is 9.22. The van der Waals surface area contributed by atoms with E-state index in [1.54, 1.807) is 24.3 Å². The summed E-state index contributed by atoms with van der Waals surface area (Å²) in [5, 5.41) is 10.6. The summed E-state index contributed by atoms with van der Waals surface area (Å²) in [5.41, 5.74) is 11.7. The lowest BCUT2D eigenvalue weighted by molar-refractivity contribution is -0.254. The van der Waals surface area contributed by atoms with Crippen molar-refractivity contribution in [3.63, 3.8) is 0 Å². The molecule has 2 aromatic rings. The Morgan fingerprint density at radius 1 is 1.04 bits per heavy atom.